The number of aromatic nitrogens is 1. The van der Waals surface area contributed by atoms with Crippen molar-refractivity contribution in [2.24, 2.45) is 0 Å². The lowest BCUT2D eigenvalue weighted by molar-refractivity contribution is 0.526. The van der Waals surface area contributed by atoms with Crippen molar-refractivity contribution in [3.05, 3.63) is 48.8 Å². The van der Waals surface area contributed by atoms with E-state index in [4.69, 9.17) is 16.6 Å². The van der Waals surface area contributed by atoms with Crippen LogP contribution in [0.25, 0.3) is 0 Å². The summed E-state index contributed by atoms with van der Waals surface area (Å²) in [6.45, 7) is 4.31. The second kappa shape index (κ2) is 6.37. The van der Waals surface area contributed by atoms with E-state index >= 15 is 0 Å². The fraction of sp³-hybridized carbons (Fsp3) is 0.438. The quantitative estimate of drug-likeness (QED) is 0.788. The lowest BCUT2D eigenvalue weighted by Crippen LogP contribution is -2.29. The number of nitrogens with zero attached hydrogens (tertiary/aromatic N) is 1. The first-order chi connectivity index (χ1) is 10.0. The summed E-state index contributed by atoms with van der Waals surface area (Å²) in [6.07, 6.45) is 3.54. The van der Waals surface area contributed by atoms with Crippen LogP contribution in [0.2, 0.25) is 5.02 Å². The van der Waals surface area contributed by atoms with Gasteiger partial charge in [0.15, 0.2) is 0 Å². The zero-order valence-corrected chi connectivity index (χ0v) is 15.3. The van der Waals surface area contributed by atoms with E-state index in [9.17, 15) is 0 Å². The predicted octanol–water partition coefficient (Wildman–Crippen LogP) is 5.14. The SMILES string of the molecule is CC(C)NC(c1nc2c(s1)CCC2)c1cc(Br)ccc1Cl. The van der Waals surface area contributed by atoms with Crippen molar-refractivity contribution >= 4 is 38.9 Å². The third kappa shape index (κ3) is 3.34. The molecule has 1 aliphatic carbocycles. The van der Waals surface area contributed by atoms with Gasteiger partial charge in [0.05, 0.1) is 11.7 Å². The molecule has 0 radical (unpaired) electrons. The minimum atomic E-state index is 0.0607. The second-order valence-corrected chi connectivity index (χ2v) is 8.13. The summed E-state index contributed by atoms with van der Waals surface area (Å²) in [4.78, 5) is 6.32. The number of aryl methyl sites for hydroxylation is 2. The molecule has 0 saturated heterocycles. The van der Waals surface area contributed by atoms with E-state index in [-0.39, 0.29) is 6.04 Å². The molecule has 0 spiro atoms. The Kier molecular flexibility index (Phi) is 4.69. The van der Waals surface area contributed by atoms with E-state index in [2.05, 4.69) is 41.2 Å². The Bertz CT molecular complexity index is 632. The molecule has 0 saturated carbocycles. The molecule has 5 heteroatoms. The minimum Gasteiger partial charge on any atom is -0.302 e. The van der Waals surface area contributed by atoms with Crippen LogP contribution in [-0.2, 0) is 12.8 Å². The van der Waals surface area contributed by atoms with E-state index in [0.717, 1.165) is 26.5 Å². The molecule has 1 N–H and O–H groups in total. The molecule has 0 aliphatic heterocycles. The van der Waals surface area contributed by atoms with Gasteiger partial charge in [-0.05, 0) is 56.9 Å². The summed E-state index contributed by atoms with van der Waals surface area (Å²) in [5, 5.41) is 5.53. The van der Waals surface area contributed by atoms with Crippen LogP contribution < -0.4 is 5.32 Å². The van der Waals surface area contributed by atoms with E-state index in [1.165, 1.54) is 23.4 Å². The molecule has 2 aromatic rings. The van der Waals surface area contributed by atoms with Gasteiger partial charge in [0.2, 0.25) is 0 Å². The van der Waals surface area contributed by atoms with Gasteiger partial charge in [0, 0.05) is 20.4 Å². The fourth-order valence-corrected chi connectivity index (χ4v) is 4.54. The van der Waals surface area contributed by atoms with Crippen molar-refractivity contribution < 1.29 is 0 Å². The van der Waals surface area contributed by atoms with E-state index in [1.807, 2.05) is 23.5 Å². The first kappa shape index (κ1) is 15.5. The van der Waals surface area contributed by atoms with Gasteiger partial charge in [0.25, 0.3) is 0 Å². The molecule has 21 heavy (non-hydrogen) atoms. The van der Waals surface area contributed by atoms with Gasteiger partial charge in [-0.25, -0.2) is 4.98 Å². The van der Waals surface area contributed by atoms with E-state index < -0.39 is 0 Å². The maximum absolute atomic E-state index is 6.43. The summed E-state index contributed by atoms with van der Waals surface area (Å²) in [5.74, 6) is 0. The van der Waals surface area contributed by atoms with Crippen LogP contribution in [0.1, 0.15) is 47.5 Å². The molecule has 1 aliphatic rings. The van der Waals surface area contributed by atoms with Crippen molar-refractivity contribution in [2.45, 2.75) is 45.2 Å². The van der Waals surface area contributed by atoms with Crippen LogP contribution in [0, 0.1) is 0 Å². The fourth-order valence-electron chi connectivity index (χ4n) is 2.70. The average molecular weight is 386 g/mol. The van der Waals surface area contributed by atoms with Gasteiger partial charge in [-0.15, -0.1) is 11.3 Å². The molecule has 1 heterocycles. The highest BCUT2D eigenvalue weighted by atomic mass is 79.9. The van der Waals surface area contributed by atoms with Gasteiger partial charge < -0.3 is 5.32 Å². The van der Waals surface area contributed by atoms with Crippen LogP contribution in [-0.4, -0.2) is 11.0 Å². The Balaban J connectivity index is 2.02. The number of rotatable bonds is 4. The van der Waals surface area contributed by atoms with Crippen molar-refractivity contribution in [1.29, 1.82) is 0 Å². The number of hydrogen-bond acceptors (Lipinski definition) is 3. The van der Waals surface area contributed by atoms with Crippen molar-refractivity contribution in [2.75, 3.05) is 0 Å². The molecule has 1 atom stereocenters. The molecule has 1 aromatic heterocycles. The average Bonchev–Trinajstić information content (AvgIpc) is 2.99. The van der Waals surface area contributed by atoms with Gasteiger partial charge in [-0.3, -0.25) is 0 Å². The Morgan fingerprint density at radius 2 is 2.14 bits per heavy atom. The monoisotopic (exact) mass is 384 g/mol. The zero-order chi connectivity index (χ0) is 15.0. The highest BCUT2D eigenvalue weighted by molar-refractivity contribution is 9.10. The van der Waals surface area contributed by atoms with Crippen LogP contribution in [0.3, 0.4) is 0 Å². The number of hydrogen-bond donors (Lipinski definition) is 1. The lowest BCUT2D eigenvalue weighted by Gasteiger charge is -2.21. The molecule has 0 bridgehead atoms. The summed E-state index contributed by atoms with van der Waals surface area (Å²) in [7, 11) is 0. The number of benzene rings is 1. The zero-order valence-electron chi connectivity index (χ0n) is 12.1. The van der Waals surface area contributed by atoms with Crippen molar-refractivity contribution in [3.8, 4) is 0 Å². The lowest BCUT2D eigenvalue weighted by atomic mass is 10.1. The topological polar surface area (TPSA) is 24.9 Å². The molecule has 2 nitrogen and oxygen atoms in total. The Labute approximate surface area is 143 Å². The molecule has 0 fully saturated rings. The number of fused-ring (bicyclic) bond motifs is 1. The van der Waals surface area contributed by atoms with E-state index in [1.54, 1.807) is 0 Å². The molecule has 0 amide bonds. The maximum atomic E-state index is 6.43. The predicted molar refractivity (Wildman–Crippen MR) is 93.4 cm³/mol. The Hall–Kier alpha value is -0.420. The minimum absolute atomic E-state index is 0.0607. The standard InChI is InChI=1S/C16H18BrClN2S/c1-9(2)19-15(11-8-10(17)6-7-12(11)18)16-20-13-4-3-5-14(13)21-16/h6-9,15,19H,3-5H2,1-2H3. The van der Waals surface area contributed by atoms with Gasteiger partial charge in [-0.2, -0.15) is 0 Å². The number of nitrogens with one attached hydrogen (secondary N) is 1. The summed E-state index contributed by atoms with van der Waals surface area (Å²) in [5.41, 5.74) is 2.38. The maximum Gasteiger partial charge on any atom is 0.115 e. The van der Waals surface area contributed by atoms with Crippen LogP contribution in [0.4, 0.5) is 0 Å². The smallest absolute Gasteiger partial charge is 0.115 e. The molecule has 1 aromatic carbocycles. The largest absolute Gasteiger partial charge is 0.302 e. The van der Waals surface area contributed by atoms with E-state index in [0.29, 0.717) is 6.04 Å². The normalized spacial score (nSPS) is 15.5. The second-order valence-electron chi connectivity index (χ2n) is 5.70. The highest BCUT2D eigenvalue weighted by Gasteiger charge is 2.25. The third-order valence-corrected chi connectivity index (χ3v) is 5.69. The number of thiazole rings is 1. The van der Waals surface area contributed by atoms with Crippen LogP contribution in [0.5, 0.6) is 0 Å². The van der Waals surface area contributed by atoms with Gasteiger partial charge >= 0.3 is 0 Å². The molecule has 3 rings (SSSR count). The van der Waals surface area contributed by atoms with Crippen molar-refractivity contribution in [1.82, 2.24) is 10.3 Å². The first-order valence-corrected chi connectivity index (χ1v) is 9.23. The third-order valence-electron chi connectivity index (χ3n) is 3.63. The summed E-state index contributed by atoms with van der Waals surface area (Å²) >= 11 is 11.8. The summed E-state index contributed by atoms with van der Waals surface area (Å²) < 4.78 is 1.04. The Morgan fingerprint density at radius 3 is 2.86 bits per heavy atom. The van der Waals surface area contributed by atoms with Crippen molar-refractivity contribution in [3.63, 3.8) is 0 Å². The van der Waals surface area contributed by atoms with Gasteiger partial charge in [-0.1, -0.05) is 27.5 Å². The highest BCUT2D eigenvalue weighted by Crippen LogP contribution is 2.36. The number of halogens is 2. The molecular formula is C16H18BrClN2S. The molecule has 1 unspecified atom stereocenters. The van der Waals surface area contributed by atoms with Crippen LogP contribution in [0.15, 0.2) is 22.7 Å². The molecule has 112 valence electrons. The Morgan fingerprint density at radius 1 is 1.33 bits per heavy atom. The first-order valence-electron chi connectivity index (χ1n) is 7.24. The van der Waals surface area contributed by atoms with Crippen LogP contribution >= 0.6 is 38.9 Å². The molecular weight excluding hydrogens is 368 g/mol. The van der Waals surface area contributed by atoms with Gasteiger partial charge in [0.1, 0.15) is 5.01 Å². The summed E-state index contributed by atoms with van der Waals surface area (Å²) in [6, 6.07) is 6.43.